The third-order valence-corrected chi connectivity index (χ3v) is 5.04. The van der Waals surface area contributed by atoms with Gasteiger partial charge in [-0.05, 0) is 6.04 Å². The van der Waals surface area contributed by atoms with Gasteiger partial charge in [-0.25, -0.2) is 4.68 Å². The molecule has 0 saturated heterocycles. The van der Waals surface area contributed by atoms with E-state index in [0.29, 0.717) is 13.3 Å². The van der Waals surface area contributed by atoms with Gasteiger partial charge in [0.15, 0.2) is 5.75 Å². The molecule has 1 aliphatic rings. The lowest BCUT2D eigenvalue weighted by Crippen LogP contribution is -2.26. The molecule has 1 atom stereocenters. The van der Waals surface area contributed by atoms with Crippen LogP contribution in [0.2, 0.25) is 25.7 Å². The average molecular weight is 284 g/mol. The molecule has 0 aromatic carbocycles. The summed E-state index contributed by atoms with van der Waals surface area (Å²) in [5, 5.41) is 13.5. The van der Waals surface area contributed by atoms with Crippen LogP contribution < -0.4 is 4.74 Å². The van der Waals surface area contributed by atoms with Gasteiger partial charge in [0.1, 0.15) is 6.73 Å². The monoisotopic (exact) mass is 284 g/mol. The maximum Gasteiger partial charge on any atom is 0.160 e. The highest BCUT2D eigenvalue weighted by Gasteiger charge is 2.23. The van der Waals surface area contributed by atoms with E-state index >= 15 is 0 Å². The van der Waals surface area contributed by atoms with Gasteiger partial charge in [-0.1, -0.05) is 19.6 Å². The standard InChI is InChI=1S/C13H24N2O3Si/c1-19(2,3)5-4-17-10-15-12-6-11(8-16)9-18-13(12)7-14-15/h7,11,16H,4-6,8-10H2,1-3H3. The van der Waals surface area contributed by atoms with Crippen molar-refractivity contribution >= 4 is 8.07 Å². The zero-order valence-corrected chi connectivity index (χ0v) is 13.1. The molecular formula is C13H24N2O3Si. The highest BCUT2D eigenvalue weighted by molar-refractivity contribution is 6.76. The number of hydrogen-bond acceptors (Lipinski definition) is 4. The number of ether oxygens (including phenoxy) is 2. The Kier molecular flexibility index (Phi) is 4.65. The van der Waals surface area contributed by atoms with Crippen LogP contribution in [0, 0.1) is 5.92 Å². The Morgan fingerprint density at radius 2 is 2.32 bits per heavy atom. The second-order valence-electron chi connectivity index (χ2n) is 6.37. The molecular weight excluding hydrogens is 260 g/mol. The molecule has 19 heavy (non-hydrogen) atoms. The van der Waals surface area contributed by atoms with Crippen molar-refractivity contribution in [1.29, 1.82) is 0 Å². The summed E-state index contributed by atoms with van der Waals surface area (Å²) in [4.78, 5) is 0. The van der Waals surface area contributed by atoms with Crippen molar-refractivity contribution in [2.24, 2.45) is 5.92 Å². The molecule has 0 aliphatic carbocycles. The number of aromatic nitrogens is 2. The smallest absolute Gasteiger partial charge is 0.160 e. The Labute approximate surface area is 115 Å². The van der Waals surface area contributed by atoms with Crippen LogP contribution in [0.25, 0.3) is 0 Å². The van der Waals surface area contributed by atoms with E-state index in [1.54, 1.807) is 6.20 Å². The first kappa shape index (κ1) is 14.6. The van der Waals surface area contributed by atoms with Gasteiger partial charge >= 0.3 is 0 Å². The molecule has 0 bridgehead atoms. The van der Waals surface area contributed by atoms with Crippen molar-refractivity contribution in [1.82, 2.24) is 9.78 Å². The van der Waals surface area contributed by atoms with E-state index in [0.717, 1.165) is 30.5 Å². The van der Waals surface area contributed by atoms with E-state index in [-0.39, 0.29) is 12.5 Å². The minimum absolute atomic E-state index is 0.154. The van der Waals surface area contributed by atoms with Crippen molar-refractivity contribution < 1.29 is 14.6 Å². The van der Waals surface area contributed by atoms with Gasteiger partial charge in [-0.2, -0.15) is 5.10 Å². The fraction of sp³-hybridized carbons (Fsp3) is 0.769. The zero-order valence-electron chi connectivity index (χ0n) is 12.1. The van der Waals surface area contributed by atoms with Crippen LogP contribution in [0.3, 0.4) is 0 Å². The van der Waals surface area contributed by atoms with Crippen molar-refractivity contribution in [2.75, 3.05) is 19.8 Å². The molecule has 6 heteroatoms. The number of aliphatic hydroxyl groups is 1. The number of nitrogens with zero attached hydrogens (tertiary/aromatic N) is 2. The molecule has 2 rings (SSSR count). The first-order valence-corrected chi connectivity index (χ1v) is 10.6. The lowest BCUT2D eigenvalue weighted by Gasteiger charge is -2.22. The summed E-state index contributed by atoms with van der Waals surface area (Å²) in [6, 6.07) is 1.16. The molecule has 1 unspecified atom stereocenters. The van der Waals surface area contributed by atoms with Gasteiger partial charge in [0.2, 0.25) is 0 Å². The largest absolute Gasteiger partial charge is 0.490 e. The van der Waals surface area contributed by atoms with Gasteiger partial charge in [-0.3, -0.25) is 0 Å². The number of hydrogen-bond donors (Lipinski definition) is 1. The number of aliphatic hydroxyl groups excluding tert-OH is 1. The van der Waals surface area contributed by atoms with E-state index in [4.69, 9.17) is 9.47 Å². The maximum atomic E-state index is 9.21. The molecule has 1 N–H and O–H groups in total. The Hall–Kier alpha value is -0.853. The minimum Gasteiger partial charge on any atom is -0.490 e. The molecule has 0 saturated carbocycles. The molecule has 1 aliphatic heterocycles. The van der Waals surface area contributed by atoms with Crippen LogP contribution in [0.5, 0.6) is 5.75 Å². The summed E-state index contributed by atoms with van der Waals surface area (Å²) in [6.45, 7) is 9.01. The average Bonchev–Trinajstić information content (AvgIpc) is 2.76. The van der Waals surface area contributed by atoms with E-state index in [9.17, 15) is 5.11 Å². The highest BCUT2D eigenvalue weighted by atomic mass is 28.3. The first-order valence-electron chi connectivity index (χ1n) is 6.85. The Bertz CT molecular complexity index is 415. The van der Waals surface area contributed by atoms with Crippen LogP contribution in [-0.4, -0.2) is 42.8 Å². The lowest BCUT2D eigenvalue weighted by atomic mass is 10.0. The topological polar surface area (TPSA) is 56.5 Å². The van der Waals surface area contributed by atoms with Crippen LogP contribution in [0.4, 0.5) is 0 Å². The maximum absolute atomic E-state index is 9.21. The normalized spacial score (nSPS) is 19.1. The minimum atomic E-state index is -1.04. The van der Waals surface area contributed by atoms with Crippen LogP contribution >= 0.6 is 0 Å². The lowest BCUT2D eigenvalue weighted by molar-refractivity contribution is 0.0721. The third-order valence-electron chi connectivity index (χ3n) is 3.34. The van der Waals surface area contributed by atoms with Crippen molar-refractivity contribution in [3.8, 4) is 5.75 Å². The van der Waals surface area contributed by atoms with Crippen molar-refractivity contribution in [2.45, 2.75) is 38.8 Å². The molecule has 0 amide bonds. The second kappa shape index (κ2) is 6.07. The summed E-state index contributed by atoms with van der Waals surface area (Å²) >= 11 is 0. The van der Waals surface area contributed by atoms with Crippen LogP contribution in [0.15, 0.2) is 6.20 Å². The van der Waals surface area contributed by atoms with Gasteiger partial charge in [0.25, 0.3) is 0 Å². The van der Waals surface area contributed by atoms with E-state index in [1.165, 1.54) is 0 Å². The Morgan fingerprint density at radius 1 is 1.53 bits per heavy atom. The number of fused-ring (bicyclic) bond motifs is 1. The Balaban J connectivity index is 1.87. The predicted molar refractivity (Wildman–Crippen MR) is 76.1 cm³/mol. The first-order chi connectivity index (χ1) is 8.99. The molecule has 1 aromatic rings. The predicted octanol–water partition coefficient (Wildman–Crippen LogP) is 1.74. The SMILES string of the molecule is C[Si](C)(C)CCOCn1ncc2c1CC(CO)CO2. The summed E-state index contributed by atoms with van der Waals surface area (Å²) in [5.74, 6) is 1.00. The van der Waals surface area contributed by atoms with Gasteiger partial charge < -0.3 is 14.6 Å². The highest BCUT2D eigenvalue weighted by Crippen LogP contribution is 2.26. The zero-order chi connectivity index (χ0) is 13.9. The van der Waals surface area contributed by atoms with Crippen molar-refractivity contribution in [3.05, 3.63) is 11.9 Å². The third kappa shape index (κ3) is 4.06. The molecule has 2 heterocycles. The summed E-state index contributed by atoms with van der Waals surface area (Å²) in [7, 11) is -1.04. The molecule has 1 aromatic heterocycles. The van der Waals surface area contributed by atoms with E-state index in [1.807, 2.05) is 4.68 Å². The molecule has 0 spiro atoms. The number of rotatable bonds is 6. The molecule has 0 fully saturated rings. The van der Waals surface area contributed by atoms with Crippen molar-refractivity contribution in [3.63, 3.8) is 0 Å². The van der Waals surface area contributed by atoms with Crippen LogP contribution in [-0.2, 0) is 17.9 Å². The quantitative estimate of drug-likeness (QED) is 0.638. The molecule has 108 valence electrons. The van der Waals surface area contributed by atoms with Gasteiger partial charge in [0.05, 0.1) is 18.5 Å². The van der Waals surface area contributed by atoms with E-state index < -0.39 is 8.07 Å². The Morgan fingerprint density at radius 3 is 3.00 bits per heavy atom. The van der Waals surface area contributed by atoms with Crippen LogP contribution in [0.1, 0.15) is 5.69 Å². The summed E-state index contributed by atoms with van der Waals surface area (Å²) in [6.07, 6.45) is 2.55. The second-order valence-corrected chi connectivity index (χ2v) is 12.0. The molecule has 5 nitrogen and oxygen atoms in total. The van der Waals surface area contributed by atoms with Gasteiger partial charge in [0, 0.05) is 33.6 Å². The fourth-order valence-corrected chi connectivity index (χ4v) is 2.77. The summed E-state index contributed by atoms with van der Waals surface area (Å²) < 4.78 is 13.1. The fourth-order valence-electron chi connectivity index (χ4n) is 2.02. The molecule has 0 radical (unpaired) electrons. The van der Waals surface area contributed by atoms with Gasteiger partial charge in [-0.15, -0.1) is 0 Å². The summed E-state index contributed by atoms with van der Waals surface area (Å²) in [5.41, 5.74) is 1.04. The van der Waals surface area contributed by atoms with E-state index in [2.05, 4.69) is 24.7 Å².